The second kappa shape index (κ2) is 9.99. The van der Waals surface area contributed by atoms with Crippen molar-refractivity contribution in [1.82, 2.24) is 4.31 Å². The van der Waals surface area contributed by atoms with Crippen molar-refractivity contribution in [3.8, 4) is 6.07 Å². The SMILES string of the molecule is Cc1ccc(S(=O)(=O)N2C/C(=C\c3ccc(C#N)cc3)C(C/C=C/c3ccccc3)C2)cc1. The Bertz CT molecular complexity index is 1300. The van der Waals surface area contributed by atoms with Crippen molar-refractivity contribution in [1.29, 1.82) is 5.26 Å². The van der Waals surface area contributed by atoms with Crippen molar-refractivity contribution in [2.24, 2.45) is 5.92 Å². The molecular formula is C28H26N2O2S. The summed E-state index contributed by atoms with van der Waals surface area (Å²) in [6.07, 6.45) is 7.01. The molecule has 0 aromatic heterocycles. The molecule has 1 saturated heterocycles. The summed E-state index contributed by atoms with van der Waals surface area (Å²) in [6, 6.07) is 26.6. The summed E-state index contributed by atoms with van der Waals surface area (Å²) in [7, 11) is -3.58. The molecule has 1 unspecified atom stereocenters. The molecule has 33 heavy (non-hydrogen) atoms. The third-order valence-corrected chi connectivity index (χ3v) is 7.71. The van der Waals surface area contributed by atoms with E-state index in [2.05, 4.69) is 24.3 Å². The molecule has 0 aliphatic carbocycles. The monoisotopic (exact) mass is 454 g/mol. The van der Waals surface area contributed by atoms with Gasteiger partial charge in [-0.25, -0.2) is 8.42 Å². The number of nitrogens with zero attached hydrogens (tertiary/aromatic N) is 2. The van der Waals surface area contributed by atoms with E-state index in [1.165, 1.54) is 0 Å². The Hall–Kier alpha value is -3.46. The van der Waals surface area contributed by atoms with Gasteiger partial charge >= 0.3 is 0 Å². The minimum Gasteiger partial charge on any atom is -0.207 e. The summed E-state index contributed by atoms with van der Waals surface area (Å²) < 4.78 is 28.2. The molecular weight excluding hydrogens is 428 g/mol. The number of benzene rings is 3. The Balaban J connectivity index is 1.60. The number of hydrogen-bond donors (Lipinski definition) is 0. The maximum absolute atomic E-state index is 13.3. The van der Waals surface area contributed by atoms with Crippen LogP contribution in [0.4, 0.5) is 0 Å². The van der Waals surface area contributed by atoms with E-state index < -0.39 is 10.0 Å². The number of aryl methyl sites for hydroxylation is 1. The largest absolute Gasteiger partial charge is 0.243 e. The molecule has 0 bridgehead atoms. The van der Waals surface area contributed by atoms with Crippen molar-refractivity contribution in [2.75, 3.05) is 13.1 Å². The zero-order chi connectivity index (χ0) is 23.3. The van der Waals surface area contributed by atoms with E-state index in [9.17, 15) is 8.42 Å². The highest BCUT2D eigenvalue weighted by molar-refractivity contribution is 7.89. The van der Waals surface area contributed by atoms with Gasteiger partial charge in [-0.05, 0) is 60.2 Å². The van der Waals surface area contributed by atoms with Gasteiger partial charge in [-0.2, -0.15) is 9.57 Å². The number of hydrogen-bond acceptors (Lipinski definition) is 3. The Kier molecular flexibility index (Phi) is 6.88. The molecule has 0 amide bonds. The zero-order valence-corrected chi connectivity index (χ0v) is 19.4. The summed E-state index contributed by atoms with van der Waals surface area (Å²) >= 11 is 0. The molecule has 4 nitrogen and oxygen atoms in total. The van der Waals surface area contributed by atoms with Crippen molar-refractivity contribution in [3.05, 3.63) is 113 Å². The molecule has 3 aromatic rings. The number of allylic oxidation sites excluding steroid dienone is 1. The van der Waals surface area contributed by atoms with Crippen molar-refractivity contribution >= 4 is 22.2 Å². The highest BCUT2D eigenvalue weighted by Gasteiger charge is 2.35. The molecule has 1 aliphatic heterocycles. The predicted octanol–water partition coefficient (Wildman–Crippen LogP) is 5.67. The van der Waals surface area contributed by atoms with Gasteiger partial charge in [-0.3, -0.25) is 0 Å². The first-order valence-electron chi connectivity index (χ1n) is 10.9. The van der Waals surface area contributed by atoms with Crippen LogP contribution >= 0.6 is 0 Å². The van der Waals surface area contributed by atoms with Crippen LogP contribution in [0.2, 0.25) is 0 Å². The van der Waals surface area contributed by atoms with Crippen LogP contribution in [0.5, 0.6) is 0 Å². The lowest BCUT2D eigenvalue weighted by atomic mass is 9.96. The predicted molar refractivity (Wildman–Crippen MR) is 133 cm³/mol. The normalized spacial score (nSPS) is 18.1. The number of sulfonamides is 1. The van der Waals surface area contributed by atoms with Gasteiger partial charge < -0.3 is 0 Å². The molecule has 1 heterocycles. The van der Waals surface area contributed by atoms with E-state index in [4.69, 9.17) is 5.26 Å². The van der Waals surface area contributed by atoms with Crippen molar-refractivity contribution < 1.29 is 8.42 Å². The molecule has 0 N–H and O–H groups in total. The summed E-state index contributed by atoms with van der Waals surface area (Å²) in [6.45, 7) is 2.75. The van der Waals surface area contributed by atoms with Crippen LogP contribution in [0.15, 0.2) is 95.4 Å². The van der Waals surface area contributed by atoms with Gasteiger partial charge in [0.2, 0.25) is 10.0 Å². The van der Waals surface area contributed by atoms with E-state index >= 15 is 0 Å². The van der Waals surface area contributed by atoms with E-state index in [0.717, 1.165) is 28.7 Å². The van der Waals surface area contributed by atoms with E-state index in [1.807, 2.05) is 61.5 Å². The summed E-state index contributed by atoms with van der Waals surface area (Å²) in [5, 5.41) is 9.05. The van der Waals surface area contributed by atoms with Crippen molar-refractivity contribution in [2.45, 2.75) is 18.2 Å². The molecule has 0 saturated carbocycles. The third-order valence-electron chi connectivity index (χ3n) is 5.89. The second-order valence-corrected chi connectivity index (χ2v) is 10.2. The Labute approximate surface area is 196 Å². The quantitative estimate of drug-likeness (QED) is 0.482. The van der Waals surface area contributed by atoms with E-state index in [1.54, 1.807) is 28.6 Å². The third kappa shape index (κ3) is 5.48. The van der Waals surface area contributed by atoms with Crippen LogP contribution in [0.3, 0.4) is 0 Å². The molecule has 0 spiro atoms. The molecule has 5 heteroatoms. The molecule has 0 radical (unpaired) electrons. The fraction of sp³-hybridized carbons (Fsp3) is 0.179. The van der Waals surface area contributed by atoms with Gasteiger partial charge in [0.05, 0.1) is 16.5 Å². The lowest BCUT2D eigenvalue weighted by Gasteiger charge is -2.16. The lowest BCUT2D eigenvalue weighted by Crippen LogP contribution is -2.28. The standard InChI is InChI=1S/C28H26N2O2S/c1-22-10-16-28(17-11-22)33(31,32)30-20-26(9-5-8-23-6-3-2-4-7-23)27(21-30)18-24-12-14-25(19-29)15-13-24/h2-8,10-18,26H,9,20-21H2,1H3/b8-5+,27-18+. The maximum Gasteiger partial charge on any atom is 0.243 e. The summed E-state index contributed by atoms with van der Waals surface area (Å²) in [4.78, 5) is 0.325. The van der Waals surface area contributed by atoms with Crippen LogP contribution < -0.4 is 0 Å². The van der Waals surface area contributed by atoms with Crippen LogP contribution in [-0.2, 0) is 10.0 Å². The fourth-order valence-electron chi connectivity index (χ4n) is 3.99. The first kappa shape index (κ1) is 22.7. The minimum atomic E-state index is -3.58. The fourth-order valence-corrected chi connectivity index (χ4v) is 5.47. The molecule has 4 rings (SSSR count). The molecule has 166 valence electrons. The summed E-state index contributed by atoms with van der Waals surface area (Å²) in [5.74, 6) is 0.0841. The maximum atomic E-state index is 13.3. The van der Waals surface area contributed by atoms with Gasteiger partial charge in [0.25, 0.3) is 0 Å². The summed E-state index contributed by atoms with van der Waals surface area (Å²) in [5.41, 5.74) is 4.80. The Morgan fingerprint density at radius 3 is 2.33 bits per heavy atom. The van der Waals surface area contributed by atoms with Crippen molar-refractivity contribution in [3.63, 3.8) is 0 Å². The van der Waals surface area contributed by atoms with Gasteiger partial charge in [0, 0.05) is 13.1 Å². The number of rotatable bonds is 6. The molecule has 3 aromatic carbocycles. The number of nitriles is 1. The average molecular weight is 455 g/mol. The topological polar surface area (TPSA) is 61.2 Å². The van der Waals surface area contributed by atoms with E-state index in [-0.39, 0.29) is 5.92 Å². The Morgan fingerprint density at radius 2 is 1.67 bits per heavy atom. The van der Waals surface area contributed by atoms with Gasteiger partial charge in [0.15, 0.2) is 0 Å². The second-order valence-electron chi connectivity index (χ2n) is 8.31. The first-order valence-corrected chi connectivity index (χ1v) is 12.4. The van der Waals surface area contributed by atoms with Crippen LogP contribution in [0, 0.1) is 24.2 Å². The molecule has 1 atom stereocenters. The average Bonchev–Trinajstić information content (AvgIpc) is 3.24. The Morgan fingerprint density at radius 1 is 0.970 bits per heavy atom. The van der Waals surface area contributed by atoms with E-state index in [0.29, 0.717) is 23.5 Å². The minimum absolute atomic E-state index is 0.0841. The van der Waals surface area contributed by atoms with Gasteiger partial charge in [-0.15, -0.1) is 0 Å². The van der Waals surface area contributed by atoms with Crippen LogP contribution in [-0.4, -0.2) is 25.8 Å². The smallest absolute Gasteiger partial charge is 0.207 e. The molecule has 1 aliphatic rings. The first-order chi connectivity index (χ1) is 16.0. The molecule has 1 fully saturated rings. The van der Waals surface area contributed by atoms with Crippen LogP contribution in [0.1, 0.15) is 28.7 Å². The van der Waals surface area contributed by atoms with Gasteiger partial charge in [-0.1, -0.05) is 78.4 Å². The zero-order valence-electron chi connectivity index (χ0n) is 18.6. The lowest BCUT2D eigenvalue weighted by molar-refractivity contribution is 0.458. The highest BCUT2D eigenvalue weighted by atomic mass is 32.2. The van der Waals surface area contributed by atoms with Crippen LogP contribution in [0.25, 0.3) is 12.2 Å². The highest BCUT2D eigenvalue weighted by Crippen LogP contribution is 2.32. The van der Waals surface area contributed by atoms with Gasteiger partial charge in [0.1, 0.15) is 0 Å².